The van der Waals surface area contributed by atoms with Crippen molar-refractivity contribution in [1.82, 2.24) is 27.9 Å². The first-order valence-corrected chi connectivity index (χ1v) is 14.6. The SMILES string of the molecule is Cc1cc(-n2ncc3cc(C4CN(S(=O)(=O)N5CCOCC5)CCN4CCC(F)(F)F)c(Cl)cc32)cn(C)c1=O. The van der Waals surface area contributed by atoms with Gasteiger partial charge in [-0.15, -0.1) is 0 Å². The predicted molar refractivity (Wildman–Crippen MR) is 144 cm³/mol. The summed E-state index contributed by atoms with van der Waals surface area (Å²) in [6.07, 6.45) is -2.12. The summed E-state index contributed by atoms with van der Waals surface area (Å²) in [6, 6.07) is 4.45. The number of hydrogen-bond donors (Lipinski definition) is 0. The molecule has 1 unspecified atom stereocenters. The van der Waals surface area contributed by atoms with Crippen molar-refractivity contribution in [3.05, 3.63) is 57.1 Å². The van der Waals surface area contributed by atoms with E-state index in [4.69, 9.17) is 16.3 Å². The number of hydrogen-bond acceptors (Lipinski definition) is 6. The van der Waals surface area contributed by atoms with Gasteiger partial charge >= 0.3 is 6.18 Å². The Kier molecular flexibility index (Phi) is 8.03. The minimum atomic E-state index is -4.36. The van der Waals surface area contributed by atoms with Gasteiger partial charge in [0.05, 0.1) is 43.1 Å². The van der Waals surface area contributed by atoms with E-state index in [-0.39, 0.29) is 63.1 Å². The molecule has 0 radical (unpaired) electrons. The highest BCUT2D eigenvalue weighted by atomic mass is 35.5. The quantitative estimate of drug-likeness (QED) is 0.431. The molecule has 1 atom stereocenters. The van der Waals surface area contributed by atoms with E-state index < -0.39 is 28.8 Å². The monoisotopic (exact) mass is 602 g/mol. The van der Waals surface area contributed by atoms with Crippen LogP contribution in [0.25, 0.3) is 16.6 Å². The Morgan fingerprint density at radius 2 is 1.82 bits per heavy atom. The lowest BCUT2D eigenvalue weighted by Gasteiger charge is -2.43. The summed E-state index contributed by atoms with van der Waals surface area (Å²) in [7, 11) is -2.20. The molecule has 3 aromatic rings. The normalized spacial score (nSPS) is 20.4. The molecule has 40 heavy (non-hydrogen) atoms. The molecule has 0 N–H and O–H groups in total. The van der Waals surface area contributed by atoms with E-state index in [1.54, 1.807) is 54.1 Å². The highest BCUT2D eigenvalue weighted by molar-refractivity contribution is 7.86. The third kappa shape index (κ3) is 5.78. The second-order valence-corrected chi connectivity index (χ2v) is 12.4. The van der Waals surface area contributed by atoms with Crippen molar-refractivity contribution in [2.45, 2.75) is 25.6 Å². The van der Waals surface area contributed by atoms with Crippen molar-refractivity contribution in [2.75, 3.05) is 52.5 Å². The first-order valence-electron chi connectivity index (χ1n) is 12.8. The number of benzene rings is 1. The number of alkyl halides is 3. The number of fused-ring (bicyclic) bond motifs is 1. The van der Waals surface area contributed by atoms with Crippen LogP contribution in [-0.4, -0.2) is 94.9 Å². The fourth-order valence-corrected chi connectivity index (χ4v) is 7.14. The number of nitrogens with zero attached hydrogens (tertiary/aromatic N) is 6. The maximum absolute atomic E-state index is 13.4. The number of pyridine rings is 1. The minimum Gasteiger partial charge on any atom is -0.379 e. The molecule has 0 spiro atoms. The second-order valence-electron chi connectivity index (χ2n) is 10.1. The summed E-state index contributed by atoms with van der Waals surface area (Å²) in [4.78, 5) is 13.8. The fraction of sp³-hybridized carbons (Fsp3) is 0.520. The molecule has 0 aliphatic carbocycles. The molecule has 4 heterocycles. The molecule has 10 nitrogen and oxygen atoms in total. The highest BCUT2D eigenvalue weighted by Crippen LogP contribution is 2.36. The number of morpholine rings is 1. The zero-order chi connectivity index (χ0) is 28.8. The standard InChI is InChI=1S/C25H30ClF3N6O4S/c1-17-11-19(15-31(2)24(17)36)35-22-13-21(26)20(12-18(22)14-30-35)23-16-34(6-5-32(23)4-3-25(27,28)29)40(37,38)33-7-9-39-10-8-33/h11-15,23H,3-10,16H2,1-2H3. The summed E-state index contributed by atoms with van der Waals surface area (Å²) < 4.78 is 77.4. The van der Waals surface area contributed by atoms with Gasteiger partial charge in [-0.2, -0.15) is 35.3 Å². The smallest absolute Gasteiger partial charge is 0.379 e. The third-order valence-electron chi connectivity index (χ3n) is 7.40. The molecule has 0 amide bonds. The number of ether oxygens (including phenoxy) is 1. The Morgan fingerprint density at radius 3 is 2.50 bits per heavy atom. The van der Waals surface area contributed by atoms with Gasteiger partial charge in [0.2, 0.25) is 0 Å². The Bertz CT molecular complexity index is 1540. The Balaban J connectivity index is 1.51. The van der Waals surface area contributed by atoms with E-state index >= 15 is 0 Å². The number of halogens is 4. The van der Waals surface area contributed by atoms with Crippen LogP contribution in [0.2, 0.25) is 5.02 Å². The Labute approximate surface area is 234 Å². The molecule has 0 saturated carbocycles. The summed E-state index contributed by atoms with van der Waals surface area (Å²) in [5.74, 6) is 0. The topological polar surface area (TPSA) is 92.9 Å². The molecule has 2 saturated heterocycles. The van der Waals surface area contributed by atoms with E-state index in [9.17, 15) is 26.4 Å². The molecule has 2 fully saturated rings. The molecule has 2 aromatic heterocycles. The van der Waals surface area contributed by atoms with E-state index in [0.717, 1.165) is 0 Å². The van der Waals surface area contributed by atoms with Crippen LogP contribution in [0, 0.1) is 6.92 Å². The van der Waals surface area contributed by atoms with Crippen molar-refractivity contribution in [2.24, 2.45) is 7.05 Å². The van der Waals surface area contributed by atoms with Crippen molar-refractivity contribution in [3.8, 4) is 5.69 Å². The highest BCUT2D eigenvalue weighted by Gasteiger charge is 2.40. The molecule has 2 aliphatic heterocycles. The molecule has 218 valence electrons. The van der Waals surface area contributed by atoms with Gasteiger partial charge in [-0.05, 0) is 30.7 Å². The van der Waals surface area contributed by atoms with Crippen LogP contribution in [0.1, 0.15) is 23.6 Å². The van der Waals surface area contributed by atoms with Crippen molar-refractivity contribution in [1.29, 1.82) is 0 Å². The van der Waals surface area contributed by atoms with Crippen molar-refractivity contribution >= 4 is 32.7 Å². The van der Waals surface area contributed by atoms with Gasteiger partial charge in [0.15, 0.2) is 0 Å². The third-order valence-corrected chi connectivity index (χ3v) is 9.73. The molecular weight excluding hydrogens is 573 g/mol. The summed E-state index contributed by atoms with van der Waals surface area (Å²) in [5.41, 5.74) is 2.21. The van der Waals surface area contributed by atoms with Crippen LogP contribution in [-0.2, 0) is 22.0 Å². The number of aryl methyl sites for hydroxylation is 2. The van der Waals surface area contributed by atoms with Crippen LogP contribution in [0.3, 0.4) is 0 Å². The van der Waals surface area contributed by atoms with Gasteiger partial charge in [0, 0.05) is 68.5 Å². The van der Waals surface area contributed by atoms with Crippen LogP contribution >= 0.6 is 11.6 Å². The maximum atomic E-state index is 13.4. The summed E-state index contributed by atoms with van der Waals surface area (Å²) in [5, 5.41) is 5.42. The second kappa shape index (κ2) is 11.1. The lowest BCUT2D eigenvalue weighted by Crippen LogP contribution is -2.56. The summed E-state index contributed by atoms with van der Waals surface area (Å²) >= 11 is 6.77. The molecule has 0 bridgehead atoms. The van der Waals surface area contributed by atoms with E-state index in [0.29, 0.717) is 27.7 Å². The predicted octanol–water partition coefficient (Wildman–Crippen LogP) is 2.87. The van der Waals surface area contributed by atoms with Gasteiger partial charge < -0.3 is 9.30 Å². The first kappa shape index (κ1) is 29.0. The Morgan fingerprint density at radius 1 is 1.10 bits per heavy atom. The lowest BCUT2D eigenvalue weighted by molar-refractivity contribution is -0.140. The number of rotatable bonds is 6. The molecular formula is C25H30ClF3N6O4S. The average molecular weight is 603 g/mol. The molecule has 1 aromatic carbocycles. The van der Waals surface area contributed by atoms with Gasteiger partial charge in [-0.1, -0.05) is 11.6 Å². The summed E-state index contributed by atoms with van der Waals surface area (Å²) in [6.45, 7) is 2.58. The largest absolute Gasteiger partial charge is 0.390 e. The average Bonchev–Trinajstić information content (AvgIpc) is 3.32. The van der Waals surface area contributed by atoms with E-state index in [1.807, 2.05) is 0 Å². The Hall–Kier alpha value is -2.49. The zero-order valence-electron chi connectivity index (χ0n) is 22.1. The van der Waals surface area contributed by atoms with Gasteiger partial charge in [-0.25, -0.2) is 4.68 Å². The maximum Gasteiger partial charge on any atom is 0.390 e. The zero-order valence-corrected chi connectivity index (χ0v) is 23.6. The fourth-order valence-electron chi connectivity index (χ4n) is 5.28. The van der Waals surface area contributed by atoms with E-state index in [2.05, 4.69) is 5.10 Å². The van der Waals surface area contributed by atoms with Gasteiger partial charge in [0.25, 0.3) is 15.8 Å². The lowest BCUT2D eigenvalue weighted by atomic mass is 10.0. The van der Waals surface area contributed by atoms with Gasteiger partial charge in [-0.3, -0.25) is 9.69 Å². The minimum absolute atomic E-state index is 0.0447. The molecule has 2 aliphatic rings. The van der Waals surface area contributed by atoms with Crippen LogP contribution in [0.4, 0.5) is 13.2 Å². The number of piperazine rings is 1. The molecule has 15 heteroatoms. The van der Waals surface area contributed by atoms with Crippen molar-refractivity contribution in [3.63, 3.8) is 0 Å². The van der Waals surface area contributed by atoms with Crippen molar-refractivity contribution < 1.29 is 26.3 Å². The van der Waals surface area contributed by atoms with Crippen LogP contribution in [0.15, 0.2) is 35.4 Å². The van der Waals surface area contributed by atoms with Gasteiger partial charge in [0.1, 0.15) is 0 Å². The molecule has 5 rings (SSSR count). The van der Waals surface area contributed by atoms with Crippen LogP contribution in [0.5, 0.6) is 0 Å². The number of aromatic nitrogens is 3. The van der Waals surface area contributed by atoms with E-state index in [1.165, 1.54) is 13.2 Å². The first-order chi connectivity index (χ1) is 18.8. The van der Waals surface area contributed by atoms with Crippen LogP contribution < -0.4 is 5.56 Å².